The van der Waals surface area contributed by atoms with Crippen molar-refractivity contribution in [2.45, 2.75) is 11.1 Å². The Balaban J connectivity index is 2.06. The molecule has 3 rings (SSSR count). The van der Waals surface area contributed by atoms with Gasteiger partial charge in [0.15, 0.2) is 11.5 Å². The van der Waals surface area contributed by atoms with Crippen molar-refractivity contribution >= 4 is 27.3 Å². The number of ether oxygens (including phenoxy) is 2. The van der Waals surface area contributed by atoms with E-state index in [4.69, 9.17) is 9.47 Å². The van der Waals surface area contributed by atoms with Crippen LogP contribution in [-0.2, 0) is 21.0 Å². The van der Waals surface area contributed by atoms with Gasteiger partial charge in [-0.3, -0.25) is 9.10 Å². The number of methoxy groups -OCH3 is 2. The van der Waals surface area contributed by atoms with E-state index < -0.39 is 45.7 Å². The van der Waals surface area contributed by atoms with Crippen LogP contribution in [0.5, 0.6) is 11.5 Å². The highest BCUT2D eigenvalue weighted by Gasteiger charge is 2.33. The number of benzene rings is 3. The maximum atomic E-state index is 13.5. The lowest BCUT2D eigenvalue weighted by Crippen LogP contribution is -2.38. The first kappa shape index (κ1) is 25.8. The van der Waals surface area contributed by atoms with Crippen molar-refractivity contribution in [2.24, 2.45) is 0 Å². The molecule has 1 N–H and O–H groups in total. The van der Waals surface area contributed by atoms with Gasteiger partial charge in [0.2, 0.25) is 5.91 Å². The van der Waals surface area contributed by atoms with Gasteiger partial charge in [0, 0.05) is 11.8 Å². The van der Waals surface area contributed by atoms with Gasteiger partial charge in [-0.2, -0.15) is 13.2 Å². The number of amides is 1. The van der Waals surface area contributed by atoms with E-state index in [-0.39, 0.29) is 22.1 Å². The molecule has 0 unspecified atom stereocenters. The van der Waals surface area contributed by atoms with Crippen molar-refractivity contribution in [1.29, 1.82) is 0 Å². The number of halogens is 4. The number of alkyl halides is 3. The summed E-state index contributed by atoms with van der Waals surface area (Å²) >= 11 is 0. The van der Waals surface area contributed by atoms with Crippen LogP contribution in [-0.4, -0.2) is 35.1 Å². The maximum Gasteiger partial charge on any atom is 0.416 e. The Labute approximate surface area is 198 Å². The average molecular weight is 512 g/mol. The van der Waals surface area contributed by atoms with E-state index >= 15 is 0 Å². The van der Waals surface area contributed by atoms with Crippen LogP contribution in [0.25, 0.3) is 0 Å². The Morgan fingerprint density at radius 3 is 2.26 bits per heavy atom. The minimum atomic E-state index is -4.75. The molecular formula is C23H20F4N2O5S. The quantitative estimate of drug-likeness (QED) is 0.443. The molecule has 0 aliphatic carbocycles. The molecule has 35 heavy (non-hydrogen) atoms. The van der Waals surface area contributed by atoms with Crippen molar-refractivity contribution in [3.8, 4) is 11.5 Å². The minimum Gasteiger partial charge on any atom is -0.493 e. The summed E-state index contributed by atoms with van der Waals surface area (Å²) in [6.07, 6.45) is -4.75. The molecule has 0 saturated heterocycles. The van der Waals surface area contributed by atoms with Gasteiger partial charge in [-0.05, 0) is 48.5 Å². The monoisotopic (exact) mass is 512 g/mol. The van der Waals surface area contributed by atoms with Crippen LogP contribution in [0.15, 0.2) is 71.6 Å². The number of hydrogen-bond acceptors (Lipinski definition) is 5. The fourth-order valence-corrected chi connectivity index (χ4v) is 4.58. The molecule has 3 aromatic rings. The summed E-state index contributed by atoms with van der Waals surface area (Å²) in [5.74, 6) is -1.27. The highest BCUT2D eigenvalue weighted by atomic mass is 32.2. The smallest absolute Gasteiger partial charge is 0.416 e. The first-order chi connectivity index (χ1) is 16.5. The van der Waals surface area contributed by atoms with Crippen molar-refractivity contribution < 1.29 is 40.2 Å². The molecule has 0 heterocycles. The third kappa shape index (κ3) is 6.01. The van der Waals surface area contributed by atoms with Crippen LogP contribution >= 0.6 is 0 Å². The van der Waals surface area contributed by atoms with Crippen LogP contribution in [0, 0.1) is 5.82 Å². The lowest BCUT2D eigenvalue weighted by molar-refractivity contribution is -0.137. The van der Waals surface area contributed by atoms with Crippen molar-refractivity contribution in [1.82, 2.24) is 0 Å². The molecule has 1 amide bonds. The maximum absolute atomic E-state index is 13.5. The van der Waals surface area contributed by atoms with E-state index in [0.717, 1.165) is 36.4 Å². The molecule has 7 nitrogen and oxygen atoms in total. The largest absolute Gasteiger partial charge is 0.493 e. The summed E-state index contributed by atoms with van der Waals surface area (Å²) in [5.41, 5.74) is -1.46. The van der Waals surface area contributed by atoms with Gasteiger partial charge in [0.25, 0.3) is 10.0 Å². The Kier molecular flexibility index (Phi) is 7.54. The van der Waals surface area contributed by atoms with Crippen LogP contribution in [0.4, 0.5) is 28.9 Å². The van der Waals surface area contributed by atoms with Crippen LogP contribution in [0.3, 0.4) is 0 Å². The second-order valence-corrected chi connectivity index (χ2v) is 9.00. The Morgan fingerprint density at radius 2 is 1.63 bits per heavy atom. The Bertz CT molecular complexity index is 1330. The third-order valence-electron chi connectivity index (χ3n) is 4.80. The normalized spacial score (nSPS) is 11.6. The molecule has 3 aromatic carbocycles. The minimum absolute atomic E-state index is 0.0440. The first-order valence-corrected chi connectivity index (χ1v) is 11.4. The number of anilines is 2. The van der Waals surface area contributed by atoms with Gasteiger partial charge in [0.1, 0.15) is 12.4 Å². The van der Waals surface area contributed by atoms with E-state index in [9.17, 15) is 30.8 Å². The van der Waals surface area contributed by atoms with Crippen LogP contribution in [0.2, 0.25) is 0 Å². The zero-order chi connectivity index (χ0) is 25.8. The summed E-state index contributed by atoms with van der Waals surface area (Å²) in [7, 11) is -1.95. The molecule has 0 aliphatic heterocycles. The molecule has 0 fully saturated rings. The van der Waals surface area contributed by atoms with E-state index in [1.165, 1.54) is 38.5 Å². The number of carbonyl (C=O) groups is 1. The fraction of sp³-hybridized carbons (Fsp3) is 0.174. The summed E-state index contributed by atoms with van der Waals surface area (Å²) in [5, 5.41) is 2.34. The molecular weight excluding hydrogens is 492 g/mol. The molecule has 0 saturated carbocycles. The van der Waals surface area contributed by atoms with E-state index in [1.54, 1.807) is 0 Å². The molecule has 0 spiro atoms. The van der Waals surface area contributed by atoms with E-state index in [0.29, 0.717) is 10.4 Å². The lowest BCUT2D eigenvalue weighted by atomic mass is 10.2. The average Bonchev–Trinajstić information content (AvgIpc) is 2.81. The molecule has 0 aromatic heterocycles. The summed E-state index contributed by atoms with van der Waals surface area (Å²) in [4.78, 5) is 12.3. The molecule has 0 aliphatic rings. The number of nitrogens with zero attached hydrogens (tertiary/aromatic N) is 1. The topological polar surface area (TPSA) is 84.9 Å². The highest BCUT2D eigenvalue weighted by molar-refractivity contribution is 7.92. The second kappa shape index (κ2) is 10.2. The van der Waals surface area contributed by atoms with Gasteiger partial charge in [-0.25, -0.2) is 12.8 Å². The Hall–Kier alpha value is -3.80. The van der Waals surface area contributed by atoms with E-state index in [2.05, 4.69) is 5.32 Å². The van der Waals surface area contributed by atoms with Gasteiger partial charge in [0.05, 0.1) is 30.4 Å². The van der Waals surface area contributed by atoms with Crippen molar-refractivity contribution in [2.75, 3.05) is 30.4 Å². The number of carbonyl (C=O) groups excluding carboxylic acids is 1. The lowest BCUT2D eigenvalue weighted by Gasteiger charge is -2.25. The molecule has 0 bridgehead atoms. The van der Waals surface area contributed by atoms with Gasteiger partial charge >= 0.3 is 6.18 Å². The summed E-state index contributed by atoms with van der Waals surface area (Å²) in [6.45, 7) is -0.894. The molecule has 12 heteroatoms. The third-order valence-corrected chi connectivity index (χ3v) is 6.57. The highest BCUT2D eigenvalue weighted by Crippen LogP contribution is 2.35. The summed E-state index contributed by atoms with van der Waals surface area (Å²) < 4.78 is 91.1. The molecule has 0 atom stereocenters. The van der Waals surface area contributed by atoms with Crippen LogP contribution < -0.4 is 19.1 Å². The number of rotatable bonds is 8. The first-order valence-electron chi connectivity index (χ1n) is 9.93. The SMILES string of the molecule is COc1ccc(S(=O)(=O)N(CC(=O)Nc2cccc(F)c2)c2cccc(C(F)(F)F)c2)cc1OC. The predicted molar refractivity (Wildman–Crippen MR) is 121 cm³/mol. The van der Waals surface area contributed by atoms with Gasteiger partial charge in [-0.15, -0.1) is 0 Å². The van der Waals surface area contributed by atoms with E-state index in [1.807, 2.05) is 0 Å². The van der Waals surface area contributed by atoms with Gasteiger partial charge < -0.3 is 14.8 Å². The van der Waals surface area contributed by atoms with Crippen molar-refractivity contribution in [3.05, 3.63) is 78.1 Å². The second-order valence-electron chi connectivity index (χ2n) is 7.14. The standard InChI is InChI=1S/C23H20F4N2O5S/c1-33-20-10-9-19(13-21(20)34-2)35(31,32)29(18-8-3-5-15(11-18)23(25,26)27)14-22(30)28-17-7-4-6-16(24)12-17/h3-13H,14H2,1-2H3,(H,28,30). The summed E-state index contributed by atoms with van der Waals surface area (Å²) in [6, 6.07) is 12.0. The molecule has 0 radical (unpaired) electrons. The Morgan fingerprint density at radius 1 is 0.943 bits per heavy atom. The van der Waals surface area contributed by atoms with Crippen LogP contribution in [0.1, 0.15) is 5.56 Å². The number of nitrogens with one attached hydrogen (secondary N) is 1. The molecule has 186 valence electrons. The van der Waals surface area contributed by atoms with Gasteiger partial charge in [-0.1, -0.05) is 12.1 Å². The number of hydrogen-bond donors (Lipinski definition) is 1. The predicted octanol–water partition coefficient (Wildman–Crippen LogP) is 4.70. The zero-order valence-corrected chi connectivity index (χ0v) is 19.3. The zero-order valence-electron chi connectivity index (χ0n) is 18.5. The van der Waals surface area contributed by atoms with Crippen molar-refractivity contribution in [3.63, 3.8) is 0 Å². The fourth-order valence-electron chi connectivity index (χ4n) is 3.15. The number of sulfonamides is 1.